The standard InChI is InChI=1S/C13H16ClF2N3O/c1-13(2)4-8(10(15)16)6-19(13)12(20)7-3-9(14)11(17)18-5-7/h3,5,8,10H,4,6H2,1-2H3,(H2,17,18). The highest BCUT2D eigenvalue weighted by atomic mass is 35.5. The predicted molar refractivity (Wildman–Crippen MR) is 72.9 cm³/mol. The van der Waals surface area contributed by atoms with Crippen molar-refractivity contribution in [2.24, 2.45) is 5.92 Å². The van der Waals surface area contributed by atoms with Gasteiger partial charge in [0, 0.05) is 24.2 Å². The lowest BCUT2D eigenvalue weighted by Gasteiger charge is -2.31. The number of carbonyl (C=O) groups is 1. The van der Waals surface area contributed by atoms with Gasteiger partial charge in [-0.3, -0.25) is 4.79 Å². The van der Waals surface area contributed by atoms with Gasteiger partial charge in [0.2, 0.25) is 6.43 Å². The molecule has 0 aromatic carbocycles. The number of rotatable bonds is 2. The normalized spacial score (nSPS) is 21.5. The Morgan fingerprint density at radius 3 is 2.75 bits per heavy atom. The number of halogens is 3. The van der Waals surface area contributed by atoms with E-state index in [-0.39, 0.29) is 35.3 Å². The summed E-state index contributed by atoms with van der Waals surface area (Å²) in [6.07, 6.45) is -0.845. The second-order valence-electron chi connectivity index (χ2n) is 5.62. The molecule has 1 fully saturated rings. The fraction of sp³-hybridized carbons (Fsp3) is 0.538. The minimum atomic E-state index is -2.43. The number of hydrogen-bond acceptors (Lipinski definition) is 3. The lowest BCUT2D eigenvalue weighted by molar-refractivity contribution is 0.0619. The molecule has 4 nitrogen and oxygen atoms in total. The first-order valence-corrected chi connectivity index (χ1v) is 6.61. The van der Waals surface area contributed by atoms with Crippen molar-refractivity contribution in [2.45, 2.75) is 32.2 Å². The Labute approximate surface area is 120 Å². The zero-order valence-electron chi connectivity index (χ0n) is 11.2. The van der Waals surface area contributed by atoms with Crippen LogP contribution in [0.3, 0.4) is 0 Å². The Bertz CT molecular complexity index is 536. The molecule has 1 amide bonds. The Morgan fingerprint density at radius 1 is 1.60 bits per heavy atom. The largest absolute Gasteiger partial charge is 0.382 e. The Morgan fingerprint density at radius 2 is 2.25 bits per heavy atom. The number of nitrogen functional groups attached to an aromatic ring is 1. The molecule has 0 saturated carbocycles. The summed E-state index contributed by atoms with van der Waals surface area (Å²) < 4.78 is 25.7. The van der Waals surface area contributed by atoms with Gasteiger partial charge in [0.1, 0.15) is 5.82 Å². The van der Waals surface area contributed by atoms with E-state index in [0.29, 0.717) is 0 Å². The van der Waals surface area contributed by atoms with E-state index in [1.54, 1.807) is 13.8 Å². The Kier molecular flexibility index (Phi) is 3.86. The average molecular weight is 304 g/mol. The van der Waals surface area contributed by atoms with E-state index in [1.165, 1.54) is 17.2 Å². The first kappa shape index (κ1) is 15.0. The van der Waals surface area contributed by atoms with E-state index in [1.807, 2.05) is 0 Å². The molecule has 2 N–H and O–H groups in total. The van der Waals surface area contributed by atoms with E-state index in [9.17, 15) is 13.6 Å². The van der Waals surface area contributed by atoms with Crippen LogP contribution in [0.4, 0.5) is 14.6 Å². The number of aromatic nitrogens is 1. The van der Waals surface area contributed by atoms with Crippen LogP contribution in [0, 0.1) is 5.92 Å². The van der Waals surface area contributed by atoms with Crippen LogP contribution in [-0.2, 0) is 0 Å². The van der Waals surface area contributed by atoms with E-state index < -0.39 is 17.9 Å². The predicted octanol–water partition coefficient (Wildman–Crippen LogP) is 2.82. The van der Waals surface area contributed by atoms with Gasteiger partial charge in [-0.1, -0.05) is 11.6 Å². The first-order valence-electron chi connectivity index (χ1n) is 6.23. The smallest absolute Gasteiger partial charge is 0.255 e. The summed E-state index contributed by atoms with van der Waals surface area (Å²) in [5, 5.41) is 0.179. The maximum atomic E-state index is 12.9. The highest BCUT2D eigenvalue weighted by Crippen LogP contribution is 2.37. The molecule has 2 rings (SSSR count). The molecule has 0 aliphatic carbocycles. The molecule has 2 heterocycles. The minimum absolute atomic E-state index is 0.0332. The maximum absolute atomic E-state index is 12.9. The van der Waals surface area contributed by atoms with E-state index in [0.717, 1.165) is 0 Å². The SMILES string of the molecule is CC1(C)CC(C(F)F)CN1C(=O)c1cnc(N)c(Cl)c1. The third-order valence-corrected chi connectivity index (χ3v) is 3.93. The van der Waals surface area contributed by atoms with Gasteiger partial charge >= 0.3 is 0 Å². The number of anilines is 1. The van der Waals surface area contributed by atoms with Gasteiger partial charge in [0.15, 0.2) is 0 Å². The molecule has 1 saturated heterocycles. The molecular weight excluding hydrogens is 288 g/mol. The maximum Gasteiger partial charge on any atom is 0.255 e. The van der Waals surface area contributed by atoms with Crippen molar-refractivity contribution in [1.82, 2.24) is 9.88 Å². The van der Waals surface area contributed by atoms with Gasteiger partial charge in [0.05, 0.1) is 10.6 Å². The van der Waals surface area contributed by atoms with Crippen LogP contribution in [0.15, 0.2) is 12.3 Å². The molecule has 0 spiro atoms. The van der Waals surface area contributed by atoms with Crippen molar-refractivity contribution in [3.05, 3.63) is 22.8 Å². The minimum Gasteiger partial charge on any atom is -0.382 e. The molecule has 1 aliphatic heterocycles. The third kappa shape index (κ3) is 2.70. The lowest BCUT2D eigenvalue weighted by atomic mass is 9.96. The zero-order valence-corrected chi connectivity index (χ0v) is 12.0. The van der Waals surface area contributed by atoms with Gasteiger partial charge in [0.25, 0.3) is 5.91 Å². The van der Waals surface area contributed by atoms with Crippen LogP contribution in [-0.4, -0.2) is 34.3 Å². The molecule has 1 aliphatic rings. The van der Waals surface area contributed by atoms with Crippen LogP contribution in [0.5, 0.6) is 0 Å². The first-order chi connectivity index (χ1) is 9.22. The third-order valence-electron chi connectivity index (χ3n) is 3.63. The number of nitrogens with zero attached hydrogens (tertiary/aromatic N) is 2. The second-order valence-corrected chi connectivity index (χ2v) is 6.03. The molecule has 110 valence electrons. The Balaban J connectivity index is 2.26. The van der Waals surface area contributed by atoms with Crippen molar-refractivity contribution < 1.29 is 13.6 Å². The molecular formula is C13H16ClF2N3O. The van der Waals surface area contributed by atoms with Crippen LogP contribution < -0.4 is 5.73 Å². The van der Waals surface area contributed by atoms with Gasteiger partial charge in [-0.25, -0.2) is 13.8 Å². The number of carbonyl (C=O) groups excluding carboxylic acids is 1. The number of amides is 1. The molecule has 0 radical (unpaired) electrons. The van der Waals surface area contributed by atoms with Crippen molar-refractivity contribution in [1.29, 1.82) is 0 Å². The highest BCUT2D eigenvalue weighted by Gasteiger charge is 2.44. The lowest BCUT2D eigenvalue weighted by Crippen LogP contribution is -2.42. The molecule has 0 bridgehead atoms. The van der Waals surface area contributed by atoms with E-state index >= 15 is 0 Å². The van der Waals surface area contributed by atoms with Gasteiger partial charge in [-0.15, -0.1) is 0 Å². The second kappa shape index (κ2) is 5.16. The molecule has 1 aromatic rings. The fourth-order valence-electron chi connectivity index (χ4n) is 2.55. The summed E-state index contributed by atoms with van der Waals surface area (Å²) in [4.78, 5) is 17.7. The topological polar surface area (TPSA) is 59.2 Å². The van der Waals surface area contributed by atoms with Gasteiger partial charge in [-0.2, -0.15) is 0 Å². The van der Waals surface area contributed by atoms with Gasteiger partial charge < -0.3 is 10.6 Å². The molecule has 1 atom stereocenters. The van der Waals surface area contributed by atoms with Crippen LogP contribution in [0.2, 0.25) is 5.02 Å². The summed E-state index contributed by atoms with van der Waals surface area (Å²) in [5.74, 6) is -1.02. The van der Waals surface area contributed by atoms with E-state index in [4.69, 9.17) is 17.3 Å². The molecule has 1 unspecified atom stereocenters. The van der Waals surface area contributed by atoms with Gasteiger partial charge in [-0.05, 0) is 26.3 Å². The quantitative estimate of drug-likeness (QED) is 0.914. The number of hydrogen-bond donors (Lipinski definition) is 1. The van der Waals surface area contributed by atoms with Crippen LogP contribution in [0.1, 0.15) is 30.6 Å². The number of nitrogens with two attached hydrogens (primary N) is 1. The number of likely N-dealkylation sites (tertiary alicyclic amines) is 1. The molecule has 1 aromatic heterocycles. The zero-order chi connectivity index (χ0) is 15.1. The van der Waals surface area contributed by atoms with Crippen molar-refractivity contribution >= 4 is 23.3 Å². The average Bonchev–Trinajstić information content (AvgIpc) is 2.68. The summed E-state index contributed by atoms with van der Waals surface area (Å²) in [6.45, 7) is 3.59. The molecule has 7 heteroatoms. The number of alkyl halides is 2. The number of pyridine rings is 1. The van der Waals surface area contributed by atoms with Crippen molar-refractivity contribution in [3.63, 3.8) is 0 Å². The fourth-order valence-corrected chi connectivity index (χ4v) is 2.71. The van der Waals surface area contributed by atoms with Crippen molar-refractivity contribution in [2.75, 3.05) is 12.3 Å². The monoisotopic (exact) mass is 303 g/mol. The summed E-state index contributed by atoms with van der Waals surface area (Å²) in [7, 11) is 0. The Hall–Kier alpha value is -1.43. The molecule has 20 heavy (non-hydrogen) atoms. The summed E-state index contributed by atoms with van der Waals surface area (Å²) in [6, 6.07) is 1.41. The van der Waals surface area contributed by atoms with Crippen molar-refractivity contribution in [3.8, 4) is 0 Å². The summed E-state index contributed by atoms with van der Waals surface area (Å²) >= 11 is 5.84. The highest BCUT2D eigenvalue weighted by molar-refractivity contribution is 6.33. The van der Waals surface area contributed by atoms with Crippen LogP contribution >= 0.6 is 11.6 Å². The van der Waals surface area contributed by atoms with E-state index in [2.05, 4.69) is 4.98 Å². The van der Waals surface area contributed by atoms with Crippen LogP contribution in [0.25, 0.3) is 0 Å². The summed E-state index contributed by atoms with van der Waals surface area (Å²) in [5.41, 5.74) is 5.13.